The predicted octanol–water partition coefficient (Wildman–Crippen LogP) is 1.70. The maximum atomic E-state index is 4.74. The van der Waals surface area contributed by atoms with E-state index in [9.17, 15) is 0 Å². The Labute approximate surface area is 60.2 Å². The topological polar surface area (TPSA) is 22.1 Å². The summed E-state index contributed by atoms with van der Waals surface area (Å²) in [6.07, 6.45) is 6.99. The lowest BCUT2D eigenvalue weighted by Crippen LogP contribution is -1.73. The maximum Gasteiger partial charge on any atom is 0.0831 e. The Hall–Kier alpha value is -1.31. The van der Waals surface area contributed by atoms with Crippen LogP contribution in [0.3, 0.4) is 0 Å². The van der Waals surface area contributed by atoms with Gasteiger partial charge in [0.15, 0.2) is 0 Å². The number of hydrogen-bond acceptors (Lipinski definition) is 2. The Bertz CT molecular complexity index is 206. The van der Waals surface area contributed by atoms with Crippen LogP contribution in [0.1, 0.15) is 5.56 Å². The third-order valence-electron chi connectivity index (χ3n) is 1.08. The average Bonchev–Trinajstić information content (AvgIpc) is 2.03. The van der Waals surface area contributed by atoms with E-state index in [2.05, 4.69) is 4.98 Å². The summed E-state index contributed by atoms with van der Waals surface area (Å²) < 4.78 is 4.74. The molecule has 0 aliphatic rings. The molecule has 0 bridgehead atoms. The van der Waals surface area contributed by atoms with Gasteiger partial charge in [-0.15, -0.1) is 0 Å². The third-order valence-corrected chi connectivity index (χ3v) is 1.08. The van der Waals surface area contributed by atoms with Crippen molar-refractivity contribution in [3.05, 3.63) is 36.4 Å². The fourth-order valence-corrected chi connectivity index (χ4v) is 0.621. The van der Waals surface area contributed by atoms with E-state index in [0.717, 1.165) is 5.56 Å². The van der Waals surface area contributed by atoms with Crippen molar-refractivity contribution >= 4 is 6.08 Å². The first kappa shape index (κ1) is 6.81. The molecule has 2 nitrogen and oxygen atoms in total. The summed E-state index contributed by atoms with van der Waals surface area (Å²) in [5.41, 5.74) is 1.05. The number of hydrogen-bond donors (Lipinski definition) is 0. The van der Waals surface area contributed by atoms with E-state index in [1.54, 1.807) is 25.8 Å². The largest absolute Gasteiger partial charge is 0.504 e. The molecule has 0 saturated heterocycles. The summed E-state index contributed by atoms with van der Waals surface area (Å²) in [4.78, 5) is 3.93. The van der Waals surface area contributed by atoms with E-state index in [4.69, 9.17) is 4.74 Å². The molecule has 0 unspecified atom stereocenters. The lowest BCUT2D eigenvalue weighted by molar-refractivity contribution is 0.341. The first-order valence-corrected chi connectivity index (χ1v) is 3.03. The number of methoxy groups -OCH3 is 1. The van der Waals surface area contributed by atoms with Gasteiger partial charge >= 0.3 is 0 Å². The zero-order valence-corrected chi connectivity index (χ0v) is 5.82. The van der Waals surface area contributed by atoms with Crippen LogP contribution < -0.4 is 0 Å². The minimum absolute atomic E-state index is 1.05. The van der Waals surface area contributed by atoms with Crippen molar-refractivity contribution in [2.24, 2.45) is 0 Å². The van der Waals surface area contributed by atoms with Crippen LogP contribution in [-0.4, -0.2) is 12.1 Å². The standard InChI is InChI=1S/C8H9NO/c1-10-6-4-8-3-2-5-9-7-8/h2-7H,1H3. The van der Waals surface area contributed by atoms with Crippen LogP contribution in [-0.2, 0) is 4.74 Å². The highest BCUT2D eigenvalue weighted by Crippen LogP contribution is 1.97. The second-order valence-corrected chi connectivity index (χ2v) is 1.82. The minimum Gasteiger partial charge on any atom is -0.504 e. The number of aromatic nitrogens is 1. The van der Waals surface area contributed by atoms with E-state index in [0.29, 0.717) is 0 Å². The lowest BCUT2D eigenvalue weighted by atomic mass is 10.3. The SMILES string of the molecule is COC=Cc1cccnc1. The van der Waals surface area contributed by atoms with E-state index >= 15 is 0 Å². The second kappa shape index (κ2) is 3.67. The van der Waals surface area contributed by atoms with Crippen LogP contribution >= 0.6 is 0 Å². The summed E-state index contributed by atoms with van der Waals surface area (Å²) in [7, 11) is 1.62. The molecule has 0 N–H and O–H groups in total. The van der Waals surface area contributed by atoms with E-state index < -0.39 is 0 Å². The molecule has 1 aromatic heterocycles. The Morgan fingerprint density at radius 1 is 1.60 bits per heavy atom. The monoisotopic (exact) mass is 135 g/mol. The maximum absolute atomic E-state index is 4.74. The summed E-state index contributed by atoms with van der Waals surface area (Å²) >= 11 is 0. The second-order valence-electron chi connectivity index (χ2n) is 1.82. The zero-order valence-electron chi connectivity index (χ0n) is 5.82. The van der Waals surface area contributed by atoms with Crippen LogP contribution in [0.4, 0.5) is 0 Å². The van der Waals surface area contributed by atoms with E-state index in [1.165, 1.54) is 0 Å². The average molecular weight is 135 g/mol. The Kier molecular flexibility index (Phi) is 2.49. The molecule has 1 heterocycles. The Balaban J connectivity index is 2.67. The molecule has 2 heteroatoms. The fourth-order valence-electron chi connectivity index (χ4n) is 0.621. The number of nitrogens with zero attached hydrogens (tertiary/aromatic N) is 1. The van der Waals surface area contributed by atoms with Gasteiger partial charge < -0.3 is 4.74 Å². The van der Waals surface area contributed by atoms with Crippen molar-refractivity contribution in [2.75, 3.05) is 7.11 Å². The van der Waals surface area contributed by atoms with Gasteiger partial charge in [-0.1, -0.05) is 6.07 Å². The van der Waals surface area contributed by atoms with Gasteiger partial charge in [0.1, 0.15) is 0 Å². The van der Waals surface area contributed by atoms with Crippen LogP contribution in [0.15, 0.2) is 30.8 Å². The highest BCUT2D eigenvalue weighted by atomic mass is 16.5. The summed E-state index contributed by atoms with van der Waals surface area (Å²) in [6.45, 7) is 0. The molecule has 0 aromatic carbocycles. The molecule has 52 valence electrons. The van der Waals surface area contributed by atoms with Crippen molar-refractivity contribution < 1.29 is 4.74 Å². The molecule has 1 rings (SSSR count). The quantitative estimate of drug-likeness (QED) is 0.576. The summed E-state index contributed by atoms with van der Waals surface area (Å²) in [5.74, 6) is 0. The van der Waals surface area contributed by atoms with Gasteiger partial charge in [0.2, 0.25) is 0 Å². The van der Waals surface area contributed by atoms with Gasteiger partial charge in [-0.05, 0) is 17.7 Å². The zero-order chi connectivity index (χ0) is 7.23. The lowest BCUT2D eigenvalue weighted by Gasteiger charge is -1.88. The molecular weight excluding hydrogens is 126 g/mol. The highest BCUT2D eigenvalue weighted by Gasteiger charge is 1.80. The van der Waals surface area contributed by atoms with Crippen molar-refractivity contribution in [1.29, 1.82) is 0 Å². The van der Waals surface area contributed by atoms with E-state index in [1.807, 2.05) is 18.2 Å². The van der Waals surface area contributed by atoms with Gasteiger partial charge in [0.25, 0.3) is 0 Å². The normalized spacial score (nSPS) is 10.1. The molecule has 0 spiro atoms. The Morgan fingerprint density at radius 3 is 3.10 bits per heavy atom. The fraction of sp³-hybridized carbons (Fsp3) is 0.125. The van der Waals surface area contributed by atoms with Gasteiger partial charge in [-0.2, -0.15) is 0 Å². The molecule has 0 aliphatic heterocycles. The van der Waals surface area contributed by atoms with E-state index in [-0.39, 0.29) is 0 Å². The van der Waals surface area contributed by atoms with Gasteiger partial charge in [0, 0.05) is 12.4 Å². The molecule has 0 amide bonds. The molecule has 10 heavy (non-hydrogen) atoms. The first-order chi connectivity index (χ1) is 4.93. The van der Waals surface area contributed by atoms with Gasteiger partial charge in [-0.3, -0.25) is 4.98 Å². The Morgan fingerprint density at radius 2 is 2.50 bits per heavy atom. The van der Waals surface area contributed by atoms with Gasteiger partial charge in [-0.25, -0.2) is 0 Å². The third kappa shape index (κ3) is 1.90. The highest BCUT2D eigenvalue weighted by molar-refractivity contribution is 5.45. The van der Waals surface area contributed by atoms with Crippen LogP contribution in [0.2, 0.25) is 0 Å². The molecular formula is C8H9NO. The molecule has 0 fully saturated rings. The number of rotatable bonds is 2. The predicted molar refractivity (Wildman–Crippen MR) is 40.3 cm³/mol. The first-order valence-electron chi connectivity index (χ1n) is 3.03. The molecule has 1 aromatic rings. The smallest absolute Gasteiger partial charge is 0.0831 e. The van der Waals surface area contributed by atoms with Crippen molar-refractivity contribution in [1.82, 2.24) is 4.98 Å². The van der Waals surface area contributed by atoms with Gasteiger partial charge in [0.05, 0.1) is 13.4 Å². The molecule has 0 atom stereocenters. The molecule has 0 aliphatic carbocycles. The van der Waals surface area contributed by atoms with Crippen molar-refractivity contribution in [2.45, 2.75) is 0 Å². The summed E-state index contributed by atoms with van der Waals surface area (Å²) in [5, 5.41) is 0. The number of ether oxygens (including phenoxy) is 1. The van der Waals surface area contributed by atoms with Crippen LogP contribution in [0.25, 0.3) is 6.08 Å². The van der Waals surface area contributed by atoms with Crippen molar-refractivity contribution in [3.8, 4) is 0 Å². The number of pyridine rings is 1. The minimum atomic E-state index is 1.05. The summed E-state index contributed by atoms with van der Waals surface area (Å²) in [6, 6.07) is 3.85. The van der Waals surface area contributed by atoms with Crippen molar-refractivity contribution in [3.63, 3.8) is 0 Å². The molecule has 0 saturated carbocycles. The van der Waals surface area contributed by atoms with Crippen LogP contribution in [0.5, 0.6) is 0 Å². The molecule has 0 radical (unpaired) electrons. The van der Waals surface area contributed by atoms with Crippen LogP contribution in [0, 0.1) is 0 Å².